The molecule has 2 aromatic carbocycles. The summed E-state index contributed by atoms with van der Waals surface area (Å²) in [4.78, 5) is 4.55. The van der Waals surface area contributed by atoms with Crippen LogP contribution in [-0.2, 0) is 34.1 Å². The van der Waals surface area contributed by atoms with Crippen molar-refractivity contribution in [1.29, 1.82) is 0 Å². The number of methoxy groups -OCH3 is 1. The molecule has 0 saturated heterocycles. The van der Waals surface area contributed by atoms with Crippen LogP contribution in [0.4, 0.5) is 5.69 Å². The van der Waals surface area contributed by atoms with Crippen LogP contribution in [-0.4, -0.2) is 34.6 Å². The molecular weight excluding hydrogens is 503 g/mol. The number of guanidine groups is 1. The highest BCUT2D eigenvalue weighted by Gasteiger charge is 2.13. The van der Waals surface area contributed by atoms with E-state index in [0.29, 0.717) is 19.1 Å². The highest BCUT2D eigenvalue weighted by Crippen LogP contribution is 2.24. The summed E-state index contributed by atoms with van der Waals surface area (Å²) in [6.45, 7) is 0.916. The molecule has 2 aromatic rings. The lowest BCUT2D eigenvalue weighted by Gasteiger charge is -2.09. The fraction of sp³-hybridized carbons (Fsp3) is 0.350. The first kappa shape index (κ1) is 23.6. The van der Waals surface area contributed by atoms with E-state index >= 15 is 0 Å². The summed E-state index contributed by atoms with van der Waals surface area (Å²) in [5.41, 5.74) is 10.6. The number of ether oxygens (including phenoxy) is 1. The number of halogens is 1. The Bertz CT molecular complexity index is 947. The van der Waals surface area contributed by atoms with Gasteiger partial charge in [-0.1, -0.05) is 18.2 Å². The molecule has 4 N–H and O–H groups in total. The Morgan fingerprint density at radius 2 is 1.86 bits per heavy atom. The van der Waals surface area contributed by atoms with E-state index in [9.17, 15) is 8.42 Å². The molecule has 0 aromatic heterocycles. The molecule has 1 aliphatic rings. The first-order valence-electron chi connectivity index (χ1n) is 9.24. The van der Waals surface area contributed by atoms with Gasteiger partial charge in [0.1, 0.15) is 0 Å². The summed E-state index contributed by atoms with van der Waals surface area (Å²) in [5.74, 6) is 0.330. The third-order valence-electron chi connectivity index (χ3n) is 4.63. The summed E-state index contributed by atoms with van der Waals surface area (Å²) in [6, 6.07) is 12.9. The normalized spacial score (nSPS) is 13.6. The number of benzene rings is 2. The molecule has 3 rings (SSSR count). The molecule has 9 heteroatoms. The number of aliphatic imine (C=N–C) groups is 1. The number of hydrogen-bond donors (Lipinski definition) is 3. The zero-order valence-electron chi connectivity index (χ0n) is 16.3. The number of nitrogens with two attached hydrogens (primary N) is 1. The molecule has 158 valence electrons. The minimum atomic E-state index is -3.53. The second kappa shape index (κ2) is 10.9. The van der Waals surface area contributed by atoms with Crippen LogP contribution in [0.2, 0.25) is 0 Å². The molecule has 0 fully saturated rings. The second-order valence-electron chi connectivity index (χ2n) is 6.70. The third kappa shape index (κ3) is 6.66. The molecule has 0 aliphatic heterocycles. The number of nitrogens with zero attached hydrogens (tertiary/aromatic N) is 1. The summed E-state index contributed by atoms with van der Waals surface area (Å²) in [6.07, 6.45) is 3.46. The Labute approximate surface area is 189 Å². The van der Waals surface area contributed by atoms with Crippen molar-refractivity contribution in [2.45, 2.75) is 30.7 Å². The second-order valence-corrected chi connectivity index (χ2v) is 8.46. The van der Waals surface area contributed by atoms with E-state index in [1.54, 1.807) is 24.3 Å². The molecule has 29 heavy (non-hydrogen) atoms. The minimum Gasteiger partial charge on any atom is -0.383 e. The summed E-state index contributed by atoms with van der Waals surface area (Å²) in [5, 5.41) is 3.12. The zero-order valence-corrected chi connectivity index (χ0v) is 19.5. The lowest BCUT2D eigenvalue weighted by molar-refractivity contribution is 0.204. The van der Waals surface area contributed by atoms with Gasteiger partial charge in [-0.15, -0.1) is 24.0 Å². The minimum absolute atomic E-state index is 0. The maximum Gasteiger partial charge on any atom is 0.240 e. The van der Waals surface area contributed by atoms with E-state index < -0.39 is 10.0 Å². The van der Waals surface area contributed by atoms with E-state index in [2.05, 4.69) is 27.2 Å². The van der Waals surface area contributed by atoms with Crippen LogP contribution in [0.25, 0.3) is 0 Å². The molecule has 0 spiro atoms. The lowest BCUT2D eigenvalue weighted by atomic mass is 10.1. The quantitative estimate of drug-likeness (QED) is 0.211. The van der Waals surface area contributed by atoms with Gasteiger partial charge in [-0.05, 0) is 60.2 Å². The van der Waals surface area contributed by atoms with Crippen LogP contribution in [0.5, 0.6) is 0 Å². The molecule has 0 heterocycles. The van der Waals surface area contributed by atoms with Gasteiger partial charge in [-0.2, -0.15) is 0 Å². The number of aryl methyl sites for hydroxylation is 2. The molecule has 0 saturated carbocycles. The summed E-state index contributed by atoms with van der Waals surface area (Å²) in [7, 11) is -2.01. The number of fused-ring (bicyclic) bond motifs is 1. The van der Waals surface area contributed by atoms with E-state index in [1.165, 1.54) is 24.7 Å². The van der Waals surface area contributed by atoms with Crippen molar-refractivity contribution < 1.29 is 13.2 Å². The number of rotatable bonds is 8. The Morgan fingerprint density at radius 1 is 1.14 bits per heavy atom. The molecule has 0 bridgehead atoms. The van der Waals surface area contributed by atoms with Crippen molar-refractivity contribution in [1.82, 2.24) is 4.72 Å². The van der Waals surface area contributed by atoms with Gasteiger partial charge in [-0.25, -0.2) is 18.1 Å². The van der Waals surface area contributed by atoms with Crippen LogP contribution < -0.4 is 15.8 Å². The summed E-state index contributed by atoms with van der Waals surface area (Å²) < 4.78 is 31.6. The van der Waals surface area contributed by atoms with Crippen molar-refractivity contribution >= 4 is 45.6 Å². The van der Waals surface area contributed by atoms with Gasteiger partial charge in [0.05, 0.1) is 18.0 Å². The smallest absolute Gasteiger partial charge is 0.240 e. The Balaban J connectivity index is 0.00000300. The SMILES string of the molecule is COCCNS(=O)(=O)c1ccc(CN=C(N)Nc2ccc3c(c2)CCC3)cc1.I. The van der Waals surface area contributed by atoms with Crippen LogP contribution in [0.3, 0.4) is 0 Å². The van der Waals surface area contributed by atoms with Gasteiger partial charge < -0.3 is 15.8 Å². The number of anilines is 1. The maximum atomic E-state index is 12.1. The Morgan fingerprint density at radius 3 is 2.59 bits per heavy atom. The topological polar surface area (TPSA) is 106 Å². The van der Waals surface area contributed by atoms with Crippen LogP contribution in [0, 0.1) is 0 Å². The Hall–Kier alpha value is -1.69. The van der Waals surface area contributed by atoms with Gasteiger partial charge in [0.2, 0.25) is 10.0 Å². The largest absolute Gasteiger partial charge is 0.383 e. The average molecular weight is 530 g/mol. The van der Waals surface area contributed by atoms with Crippen LogP contribution in [0.15, 0.2) is 52.4 Å². The first-order valence-corrected chi connectivity index (χ1v) is 10.7. The lowest BCUT2D eigenvalue weighted by Crippen LogP contribution is -2.27. The third-order valence-corrected chi connectivity index (χ3v) is 6.11. The van der Waals surface area contributed by atoms with E-state index in [0.717, 1.165) is 24.1 Å². The predicted molar refractivity (Wildman–Crippen MR) is 126 cm³/mol. The van der Waals surface area contributed by atoms with Gasteiger partial charge in [0.25, 0.3) is 0 Å². The molecule has 0 unspecified atom stereocenters. The summed E-state index contributed by atoms with van der Waals surface area (Å²) >= 11 is 0. The van der Waals surface area contributed by atoms with Crippen molar-refractivity contribution in [2.75, 3.05) is 25.6 Å². The molecular formula is C20H27IN4O3S. The molecule has 1 aliphatic carbocycles. The van der Waals surface area contributed by atoms with Crippen molar-refractivity contribution in [3.8, 4) is 0 Å². The van der Waals surface area contributed by atoms with Gasteiger partial charge in [0, 0.05) is 19.3 Å². The first-order chi connectivity index (χ1) is 13.5. The maximum absolute atomic E-state index is 12.1. The average Bonchev–Trinajstić information content (AvgIpc) is 3.15. The highest BCUT2D eigenvalue weighted by molar-refractivity contribution is 14.0. The van der Waals surface area contributed by atoms with Crippen molar-refractivity contribution in [3.63, 3.8) is 0 Å². The zero-order chi connectivity index (χ0) is 20.0. The van der Waals surface area contributed by atoms with E-state index in [-0.39, 0.29) is 35.4 Å². The van der Waals surface area contributed by atoms with E-state index in [1.807, 2.05) is 6.07 Å². The Kier molecular flexibility index (Phi) is 8.87. The van der Waals surface area contributed by atoms with Crippen molar-refractivity contribution in [3.05, 3.63) is 59.2 Å². The molecule has 0 atom stereocenters. The number of sulfonamides is 1. The van der Waals surface area contributed by atoms with Crippen molar-refractivity contribution in [2.24, 2.45) is 10.7 Å². The van der Waals surface area contributed by atoms with Crippen LogP contribution in [0.1, 0.15) is 23.1 Å². The number of hydrogen-bond acceptors (Lipinski definition) is 4. The van der Waals surface area contributed by atoms with Crippen LogP contribution >= 0.6 is 24.0 Å². The monoisotopic (exact) mass is 530 g/mol. The van der Waals surface area contributed by atoms with Gasteiger partial charge >= 0.3 is 0 Å². The molecule has 0 radical (unpaired) electrons. The highest BCUT2D eigenvalue weighted by atomic mass is 127. The fourth-order valence-corrected chi connectivity index (χ4v) is 4.16. The molecule has 0 amide bonds. The predicted octanol–water partition coefficient (Wildman–Crippen LogP) is 2.64. The molecule has 7 nitrogen and oxygen atoms in total. The standard InChI is InChI=1S/C20H26N4O3S.HI/c1-27-12-11-23-28(25,26)19-9-5-15(6-10-19)14-22-20(21)24-18-8-7-16-3-2-4-17(16)13-18;/h5-10,13,23H,2-4,11-12,14H2,1H3,(H3,21,22,24);1H. The van der Waals surface area contributed by atoms with E-state index in [4.69, 9.17) is 10.5 Å². The fourth-order valence-electron chi connectivity index (χ4n) is 3.15. The van der Waals surface area contributed by atoms with Gasteiger partial charge in [0.15, 0.2) is 5.96 Å². The number of nitrogens with one attached hydrogen (secondary N) is 2. The van der Waals surface area contributed by atoms with Gasteiger partial charge in [-0.3, -0.25) is 0 Å².